The van der Waals surface area contributed by atoms with Gasteiger partial charge in [0.25, 0.3) is 0 Å². The Morgan fingerprint density at radius 2 is 0.793 bits per heavy atom. The number of aromatic nitrogens is 5. The molecule has 0 radical (unpaired) electrons. The lowest BCUT2D eigenvalue weighted by Gasteiger charge is -2.17. The van der Waals surface area contributed by atoms with E-state index < -0.39 is 11.6 Å². The van der Waals surface area contributed by atoms with Crippen LogP contribution in [0, 0.1) is 11.6 Å². The Morgan fingerprint density at radius 3 is 1.36 bits per heavy atom. The number of hydrogen-bond donors (Lipinski definition) is 0. The van der Waals surface area contributed by atoms with E-state index in [1.54, 1.807) is 0 Å². The predicted octanol–water partition coefficient (Wildman–Crippen LogP) is 13.0. The monoisotopic (exact) mass is 751 g/mol. The van der Waals surface area contributed by atoms with Crippen LogP contribution in [0.2, 0.25) is 0 Å². The van der Waals surface area contributed by atoms with Gasteiger partial charge < -0.3 is 9.13 Å². The smallest absolute Gasteiger partial charge is 0.164 e. The average molecular weight is 752 g/mol. The number of hydrogen-bond acceptors (Lipinski definition) is 3. The van der Waals surface area contributed by atoms with Crippen molar-refractivity contribution >= 4 is 43.6 Å². The Labute approximate surface area is 331 Å². The van der Waals surface area contributed by atoms with E-state index in [0.717, 1.165) is 67.0 Å². The molecule has 0 spiro atoms. The highest BCUT2D eigenvalue weighted by atomic mass is 19.1. The Bertz CT molecular complexity index is 3240. The van der Waals surface area contributed by atoms with Crippen LogP contribution < -0.4 is 0 Å². The molecule has 0 unspecified atom stereocenters. The largest absolute Gasteiger partial charge is 0.309 e. The van der Waals surface area contributed by atoms with Crippen molar-refractivity contribution in [2.75, 3.05) is 0 Å². The lowest BCUT2D eigenvalue weighted by Crippen LogP contribution is -2.02. The van der Waals surface area contributed by atoms with Gasteiger partial charge in [0, 0.05) is 55.6 Å². The number of nitrogens with zero attached hydrogens (tertiary/aromatic N) is 5. The molecule has 0 N–H and O–H groups in total. The molecule has 3 aromatic heterocycles. The standard InChI is InChI=1S/C51H31F2N5/c52-36-27-35(28-37(53)30-36)39-25-23-34(51-55-49(32-13-3-1-4-14-32)54-50(56-51)33-15-5-2-6-16-33)29-48(39)58-46-22-12-9-19-42(46)43-31-38(24-26-47(43)58)57-44-20-10-7-17-40(44)41-18-8-11-21-45(41)57/h1-31H. The maximum absolute atomic E-state index is 15.0. The van der Waals surface area contributed by atoms with E-state index in [1.807, 2.05) is 91.0 Å². The van der Waals surface area contributed by atoms with Crippen LogP contribution in [0.4, 0.5) is 8.78 Å². The Hall–Kier alpha value is -7.77. The van der Waals surface area contributed by atoms with Gasteiger partial charge in [-0.25, -0.2) is 23.7 Å². The molecule has 0 amide bonds. The summed E-state index contributed by atoms with van der Waals surface area (Å²) in [5, 5.41) is 4.46. The fourth-order valence-corrected chi connectivity index (χ4v) is 8.31. The molecule has 7 heteroatoms. The Kier molecular flexibility index (Phi) is 7.79. The van der Waals surface area contributed by atoms with Gasteiger partial charge in [0.1, 0.15) is 11.6 Å². The SMILES string of the molecule is Fc1cc(F)cc(-c2ccc(-c3nc(-c4ccccc4)nc(-c4ccccc4)n3)cc2-n2c3ccccc3c3cc(-n4c5ccccc5c5ccccc54)ccc32)c1. The summed E-state index contributed by atoms with van der Waals surface area (Å²) in [5.41, 5.74) is 9.38. The first-order valence-corrected chi connectivity index (χ1v) is 19.1. The second-order valence-electron chi connectivity index (χ2n) is 14.4. The molecule has 8 aromatic carbocycles. The fraction of sp³-hybridized carbons (Fsp3) is 0. The first-order valence-electron chi connectivity index (χ1n) is 19.1. The van der Waals surface area contributed by atoms with E-state index in [4.69, 9.17) is 15.0 Å². The van der Waals surface area contributed by atoms with Crippen molar-refractivity contribution in [1.82, 2.24) is 24.1 Å². The lowest BCUT2D eigenvalue weighted by atomic mass is 10.00. The van der Waals surface area contributed by atoms with Crippen molar-refractivity contribution in [3.63, 3.8) is 0 Å². The predicted molar refractivity (Wildman–Crippen MR) is 230 cm³/mol. The molecule has 0 saturated heterocycles. The Balaban J connectivity index is 1.18. The minimum absolute atomic E-state index is 0.414. The number of para-hydroxylation sites is 3. The summed E-state index contributed by atoms with van der Waals surface area (Å²) in [6.07, 6.45) is 0. The van der Waals surface area contributed by atoms with Gasteiger partial charge in [0.05, 0.1) is 27.8 Å². The van der Waals surface area contributed by atoms with Crippen molar-refractivity contribution in [3.8, 4) is 56.7 Å². The van der Waals surface area contributed by atoms with Gasteiger partial charge in [-0.05, 0) is 60.2 Å². The summed E-state index contributed by atoms with van der Waals surface area (Å²) in [7, 11) is 0. The zero-order valence-electron chi connectivity index (χ0n) is 30.9. The second kappa shape index (κ2) is 13.5. The molecule has 0 fully saturated rings. The molecule has 0 bridgehead atoms. The van der Waals surface area contributed by atoms with E-state index in [-0.39, 0.29) is 0 Å². The van der Waals surface area contributed by atoms with Crippen LogP contribution in [0.5, 0.6) is 0 Å². The topological polar surface area (TPSA) is 48.5 Å². The molecular weight excluding hydrogens is 721 g/mol. The van der Waals surface area contributed by atoms with E-state index in [2.05, 4.69) is 88.0 Å². The van der Waals surface area contributed by atoms with Crippen LogP contribution in [0.25, 0.3) is 100 Å². The molecule has 5 nitrogen and oxygen atoms in total. The van der Waals surface area contributed by atoms with Gasteiger partial charge in [-0.15, -0.1) is 0 Å². The molecule has 0 saturated carbocycles. The van der Waals surface area contributed by atoms with Gasteiger partial charge in [0.15, 0.2) is 17.5 Å². The maximum atomic E-state index is 15.0. The first kappa shape index (κ1) is 33.6. The third kappa shape index (κ3) is 5.55. The summed E-state index contributed by atoms with van der Waals surface area (Å²) >= 11 is 0. The van der Waals surface area contributed by atoms with Crippen molar-refractivity contribution < 1.29 is 8.78 Å². The normalized spacial score (nSPS) is 11.6. The number of halogens is 2. The lowest BCUT2D eigenvalue weighted by molar-refractivity contribution is 0.584. The molecule has 0 aliphatic rings. The minimum Gasteiger partial charge on any atom is -0.309 e. The third-order valence-corrected chi connectivity index (χ3v) is 10.9. The molecule has 274 valence electrons. The third-order valence-electron chi connectivity index (χ3n) is 10.9. The number of benzene rings is 8. The van der Waals surface area contributed by atoms with Crippen LogP contribution in [0.1, 0.15) is 0 Å². The van der Waals surface area contributed by atoms with Crippen LogP contribution >= 0.6 is 0 Å². The summed E-state index contributed by atoms with van der Waals surface area (Å²) in [6, 6.07) is 60.9. The van der Waals surface area contributed by atoms with E-state index in [9.17, 15) is 8.78 Å². The molecule has 3 heterocycles. The molecular formula is C51H31F2N5. The highest BCUT2D eigenvalue weighted by molar-refractivity contribution is 6.12. The van der Waals surface area contributed by atoms with Crippen LogP contribution in [-0.4, -0.2) is 24.1 Å². The van der Waals surface area contributed by atoms with E-state index in [0.29, 0.717) is 28.6 Å². The average Bonchev–Trinajstić information content (AvgIpc) is 3.79. The number of fused-ring (bicyclic) bond motifs is 6. The van der Waals surface area contributed by atoms with Crippen LogP contribution in [-0.2, 0) is 0 Å². The highest BCUT2D eigenvalue weighted by Gasteiger charge is 2.21. The van der Waals surface area contributed by atoms with Crippen molar-refractivity contribution in [1.29, 1.82) is 0 Å². The van der Waals surface area contributed by atoms with Gasteiger partial charge >= 0.3 is 0 Å². The quantitative estimate of drug-likeness (QED) is 0.170. The summed E-state index contributed by atoms with van der Waals surface area (Å²) in [5.74, 6) is 0.245. The van der Waals surface area contributed by atoms with Crippen molar-refractivity contribution in [2.45, 2.75) is 0 Å². The minimum atomic E-state index is -0.652. The van der Waals surface area contributed by atoms with E-state index in [1.165, 1.54) is 22.9 Å². The summed E-state index contributed by atoms with van der Waals surface area (Å²) in [4.78, 5) is 14.9. The molecule has 0 atom stereocenters. The first-order chi connectivity index (χ1) is 28.6. The molecule has 58 heavy (non-hydrogen) atoms. The van der Waals surface area contributed by atoms with E-state index >= 15 is 0 Å². The van der Waals surface area contributed by atoms with Gasteiger partial charge in [-0.1, -0.05) is 127 Å². The van der Waals surface area contributed by atoms with Crippen LogP contribution in [0.3, 0.4) is 0 Å². The van der Waals surface area contributed by atoms with Crippen molar-refractivity contribution in [2.24, 2.45) is 0 Å². The number of rotatable bonds is 6. The van der Waals surface area contributed by atoms with Gasteiger partial charge in [-0.2, -0.15) is 0 Å². The van der Waals surface area contributed by atoms with Crippen LogP contribution in [0.15, 0.2) is 188 Å². The van der Waals surface area contributed by atoms with Crippen molar-refractivity contribution in [3.05, 3.63) is 200 Å². The fourth-order valence-electron chi connectivity index (χ4n) is 8.31. The van der Waals surface area contributed by atoms with Gasteiger partial charge in [0.2, 0.25) is 0 Å². The molecule has 0 aliphatic carbocycles. The Morgan fingerprint density at radius 1 is 0.328 bits per heavy atom. The summed E-state index contributed by atoms with van der Waals surface area (Å²) in [6.45, 7) is 0. The van der Waals surface area contributed by atoms with Gasteiger partial charge in [-0.3, -0.25) is 0 Å². The summed E-state index contributed by atoms with van der Waals surface area (Å²) < 4.78 is 34.4. The maximum Gasteiger partial charge on any atom is 0.164 e. The zero-order valence-corrected chi connectivity index (χ0v) is 30.9. The zero-order chi connectivity index (χ0) is 38.7. The molecule has 11 rings (SSSR count). The second-order valence-corrected chi connectivity index (χ2v) is 14.4. The highest BCUT2D eigenvalue weighted by Crippen LogP contribution is 2.40. The molecule has 11 aromatic rings. The molecule has 0 aliphatic heterocycles.